The van der Waals surface area contributed by atoms with Crippen LogP contribution in [0.25, 0.3) is 0 Å². The van der Waals surface area contributed by atoms with Crippen LogP contribution >= 0.6 is 0 Å². The summed E-state index contributed by atoms with van der Waals surface area (Å²) in [6.07, 6.45) is 2.19. The molecule has 0 bridgehead atoms. The van der Waals surface area contributed by atoms with Crippen LogP contribution in [-0.4, -0.2) is 66.2 Å². The minimum absolute atomic E-state index is 0.213. The first kappa shape index (κ1) is 17.9. The molecule has 2 aliphatic heterocycles. The minimum atomic E-state index is -0.441. The van der Waals surface area contributed by atoms with Crippen LogP contribution in [0.1, 0.15) is 47.5 Å². The van der Waals surface area contributed by atoms with E-state index >= 15 is 0 Å². The molecule has 2 heterocycles. The number of ether oxygens (including phenoxy) is 1. The molecule has 0 aromatic carbocycles. The summed E-state index contributed by atoms with van der Waals surface area (Å²) in [4.78, 5) is 20.9. The molecule has 1 amide bonds. The van der Waals surface area contributed by atoms with Crippen LogP contribution in [0.2, 0.25) is 0 Å². The molecule has 132 valence electrons. The smallest absolute Gasteiger partial charge is 0.410 e. The number of piperazine rings is 1. The van der Waals surface area contributed by atoms with Crippen LogP contribution in [0.15, 0.2) is 4.99 Å². The van der Waals surface area contributed by atoms with E-state index in [1.165, 1.54) is 12.8 Å². The predicted molar refractivity (Wildman–Crippen MR) is 92.7 cm³/mol. The van der Waals surface area contributed by atoms with Crippen molar-refractivity contribution < 1.29 is 9.53 Å². The lowest BCUT2D eigenvalue weighted by atomic mass is 10.1. The van der Waals surface area contributed by atoms with Gasteiger partial charge in [-0.1, -0.05) is 13.8 Å². The van der Waals surface area contributed by atoms with Gasteiger partial charge in [-0.3, -0.25) is 4.99 Å². The Bertz CT molecular complexity index is 442. The van der Waals surface area contributed by atoms with E-state index in [4.69, 9.17) is 4.74 Å². The summed E-state index contributed by atoms with van der Waals surface area (Å²) >= 11 is 0. The average molecular weight is 324 g/mol. The molecule has 23 heavy (non-hydrogen) atoms. The molecule has 2 aliphatic rings. The van der Waals surface area contributed by atoms with Gasteiger partial charge in [0.1, 0.15) is 5.60 Å². The highest BCUT2D eigenvalue weighted by Crippen LogP contribution is 2.18. The number of hydrogen-bond donors (Lipinski definition) is 1. The van der Waals surface area contributed by atoms with Crippen molar-refractivity contribution in [1.29, 1.82) is 0 Å². The molecule has 0 aromatic heterocycles. The van der Waals surface area contributed by atoms with Crippen LogP contribution < -0.4 is 5.32 Å². The van der Waals surface area contributed by atoms with E-state index in [1.54, 1.807) is 0 Å². The first-order valence-corrected chi connectivity index (χ1v) is 8.79. The molecule has 0 aliphatic carbocycles. The maximum Gasteiger partial charge on any atom is 0.410 e. The number of carbonyl (C=O) groups excluding carboxylic acids is 1. The Labute approximate surface area is 140 Å². The maximum atomic E-state index is 12.2. The Kier molecular flexibility index (Phi) is 5.76. The number of guanidine groups is 1. The first-order chi connectivity index (χ1) is 10.8. The zero-order chi connectivity index (χ0) is 17.0. The summed E-state index contributed by atoms with van der Waals surface area (Å²) in [6, 6.07) is 0.281. The molecule has 1 saturated heterocycles. The van der Waals surface area contributed by atoms with Gasteiger partial charge >= 0.3 is 6.09 Å². The van der Waals surface area contributed by atoms with Crippen LogP contribution in [0.4, 0.5) is 4.79 Å². The number of rotatable bonds is 4. The second-order valence-electron chi connectivity index (χ2n) is 7.90. The maximum absolute atomic E-state index is 12.2. The Balaban J connectivity index is 1.77. The van der Waals surface area contributed by atoms with Gasteiger partial charge in [0.05, 0.1) is 12.6 Å². The summed E-state index contributed by atoms with van der Waals surface area (Å²) < 4.78 is 5.47. The zero-order valence-corrected chi connectivity index (χ0v) is 15.3. The van der Waals surface area contributed by atoms with Crippen LogP contribution in [-0.2, 0) is 4.74 Å². The van der Waals surface area contributed by atoms with Crippen molar-refractivity contribution in [3.8, 4) is 0 Å². The lowest BCUT2D eigenvalue weighted by Gasteiger charge is -2.39. The van der Waals surface area contributed by atoms with Crippen molar-refractivity contribution in [2.45, 2.75) is 59.1 Å². The highest BCUT2D eigenvalue weighted by atomic mass is 16.6. The first-order valence-electron chi connectivity index (χ1n) is 8.79. The molecular formula is C17H32N4O2. The van der Waals surface area contributed by atoms with E-state index in [2.05, 4.69) is 29.1 Å². The number of amides is 1. The molecule has 1 atom stereocenters. The summed E-state index contributed by atoms with van der Waals surface area (Å²) in [7, 11) is 0. The number of aliphatic imine (C=N–C) groups is 1. The number of hydrogen-bond acceptors (Lipinski definition) is 5. The molecular weight excluding hydrogens is 292 g/mol. The Morgan fingerprint density at radius 2 is 2.13 bits per heavy atom. The average Bonchev–Trinajstić information content (AvgIpc) is 2.84. The fourth-order valence-electron chi connectivity index (χ4n) is 2.93. The summed E-state index contributed by atoms with van der Waals surface area (Å²) in [5.74, 6) is 1.75. The Hall–Kier alpha value is -1.46. The third-order valence-electron chi connectivity index (χ3n) is 4.10. The highest BCUT2D eigenvalue weighted by Gasteiger charge is 2.36. The van der Waals surface area contributed by atoms with Crippen molar-refractivity contribution in [2.75, 3.05) is 32.7 Å². The second-order valence-corrected chi connectivity index (χ2v) is 7.90. The van der Waals surface area contributed by atoms with E-state index in [1.807, 2.05) is 25.7 Å². The number of carbonyl (C=O) groups is 1. The van der Waals surface area contributed by atoms with Gasteiger partial charge in [0, 0.05) is 26.2 Å². The van der Waals surface area contributed by atoms with E-state index in [0.717, 1.165) is 31.5 Å². The molecule has 1 unspecified atom stereocenters. The molecule has 1 N–H and O–H groups in total. The summed E-state index contributed by atoms with van der Waals surface area (Å²) in [6.45, 7) is 14.1. The second kappa shape index (κ2) is 7.41. The normalized spacial score (nSPS) is 21.3. The van der Waals surface area contributed by atoms with Crippen LogP contribution in [0, 0.1) is 5.92 Å². The van der Waals surface area contributed by atoms with E-state index in [0.29, 0.717) is 13.1 Å². The standard InChI is InChI=1S/C17H32N4O2/c1-13(2)7-6-8-18-15-19-11-14-12-20(9-10-21(14)15)16(22)23-17(3,4)5/h13-14H,6-12H2,1-5H3,(H,18,19). The topological polar surface area (TPSA) is 57.2 Å². The van der Waals surface area contributed by atoms with E-state index in [-0.39, 0.29) is 12.1 Å². The van der Waals surface area contributed by atoms with Crippen molar-refractivity contribution in [2.24, 2.45) is 10.9 Å². The molecule has 0 spiro atoms. The number of fused-ring (bicyclic) bond motifs is 1. The molecule has 0 saturated carbocycles. The van der Waals surface area contributed by atoms with Crippen molar-refractivity contribution in [3.05, 3.63) is 0 Å². The van der Waals surface area contributed by atoms with Crippen molar-refractivity contribution >= 4 is 12.1 Å². The molecule has 0 radical (unpaired) electrons. The fraction of sp³-hybridized carbons (Fsp3) is 0.882. The fourth-order valence-corrected chi connectivity index (χ4v) is 2.93. The summed E-state index contributed by atoms with van der Waals surface area (Å²) in [5.41, 5.74) is -0.441. The lowest BCUT2D eigenvalue weighted by Crippen LogP contribution is -2.57. The van der Waals surface area contributed by atoms with Crippen LogP contribution in [0.5, 0.6) is 0 Å². The van der Waals surface area contributed by atoms with Gasteiger partial charge in [-0.25, -0.2) is 4.79 Å². The lowest BCUT2D eigenvalue weighted by molar-refractivity contribution is 0.0137. The largest absolute Gasteiger partial charge is 0.444 e. The highest BCUT2D eigenvalue weighted by molar-refractivity contribution is 5.82. The van der Waals surface area contributed by atoms with Gasteiger partial charge in [0.15, 0.2) is 5.96 Å². The molecule has 6 nitrogen and oxygen atoms in total. The SMILES string of the molecule is CC(C)CCCNC1=NCC2CN(C(=O)OC(C)(C)C)CCN12. The monoisotopic (exact) mass is 324 g/mol. The van der Waals surface area contributed by atoms with Gasteiger partial charge in [-0.2, -0.15) is 0 Å². The van der Waals surface area contributed by atoms with Crippen molar-refractivity contribution in [3.63, 3.8) is 0 Å². The van der Waals surface area contributed by atoms with Gasteiger partial charge < -0.3 is 19.9 Å². The minimum Gasteiger partial charge on any atom is -0.444 e. The summed E-state index contributed by atoms with van der Waals surface area (Å²) in [5, 5.41) is 3.46. The molecule has 2 rings (SSSR count). The quantitative estimate of drug-likeness (QED) is 0.806. The number of nitrogens with one attached hydrogen (secondary N) is 1. The zero-order valence-electron chi connectivity index (χ0n) is 15.3. The van der Waals surface area contributed by atoms with E-state index < -0.39 is 5.60 Å². The Morgan fingerprint density at radius 3 is 2.78 bits per heavy atom. The predicted octanol–water partition coefficient (Wildman–Crippen LogP) is 2.30. The van der Waals surface area contributed by atoms with Gasteiger partial charge in [-0.15, -0.1) is 0 Å². The van der Waals surface area contributed by atoms with Gasteiger partial charge in [0.25, 0.3) is 0 Å². The molecule has 1 fully saturated rings. The van der Waals surface area contributed by atoms with Crippen LogP contribution in [0.3, 0.4) is 0 Å². The molecule has 6 heteroatoms. The Morgan fingerprint density at radius 1 is 1.39 bits per heavy atom. The third-order valence-corrected chi connectivity index (χ3v) is 4.10. The van der Waals surface area contributed by atoms with E-state index in [9.17, 15) is 4.79 Å². The number of nitrogens with zero attached hydrogens (tertiary/aromatic N) is 3. The third kappa shape index (κ3) is 5.29. The van der Waals surface area contributed by atoms with Crippen molar-refractivity contribution in [1.82, 2.24) is 15.1 Å². The molecule has 0 aromatic rings. The van der Waals surface area contributed by atoms with Gasteiger partial charge in [0.2, 0.25) is 0 Å². The van der Waals surface area contributed by atoms with Gasteiger partial charge in [-0.05, 0) is 39.5 Å².